The Morgan fingerprint density at radius 1 is 1.14 bits per heavy atom. The van der Waals surface area contributed by atoms with E-state index < -0.39 is 10.0 Å². The summed E-state index contributed by atoms with van der Waals surface area (Å²) in [4.78, 5) is 13.7. The number of carbonyl (C=O) groups is 1. The van der Waals surface area contributed by atoms with E-state index in [1.54, 1.807) is 16.7 Å². The zero-order chi connectivity index (χ0) is 16.0. The molecule has 0 aromatic heterocycles. The van der Waals surface area contributed by atoms with Crippen molar-refractivity contribution in [3.8, 4) is 0 Å². The van der Waals surface area contributed by atoms with Crippen LogP contribution in [0, 0.1) is 0 Å². The summed E-state index contributed by atoms with van der Waals surface area (Å²) in [7, 11) is -3.31. The van der Waals surface area contributed by atoms with Gasteiger partial charge in [-0.05, 0) is 11.8 Å². The lowest BCUT2D eigenvalue weighted by molar-refractivity contribution is -0.131. The smallest absolute Gasteiger partial charge is 0.223 e. The van der Waals surface area contributed by atoms with Crippen molar-refractivity contribution in [1.29, 1.82) is 0 Å². The van der Waals surface area contributed by atoms with E-state index in [4.69, 9.17) is 0 Å². The van der Waals surface area contributed by atoms with Crippen LogP contribution in [-0.4, -0.2) is 61.7 Å². The van der Waals surface area contributed by atoms with Gasteiger partial charge >= 0.3 is 0 Å². The first kappa shape index (κ1) is 17.3. The molecular formula is C15H22N2O3S2. The van der Waals surface area contributed by atoms with Crippen LogP contribution in [0.1, 0.15) is 12.0 Å². The monoisotopic (exact) mass is 342 g/mol. The van der Waals surface area contributed by atoms with Crippen molar-refractivity contribution in [2.75, 3.05) is 38.2 Å². The molecule has 1 aliphatic heterocycles. The highest BCUT2D eigenvalue weighted by molar-refractivity contribution is 7.98. The lowest BCUT2D eigenvalue weighted by atomic mass is 10.2. The second kappa shape index (κ2) is 7.99. The second-order valence-corrected chi connectivity index (χ2v) is 8.22. The van der Waals surface area contributed by atoms with Gasteiger partial charge in [0, 0.05) is 38.4 Å². The van der Waals surface area contributed by atoms with Gasteiger partial charge in [0.25, 0.3) is 0 Å². The van der Waals surface area contributed by atoms with Gasteiger partial charge in [-0.3, -0.25) is 4.79 Å². The molecule has 1 saturated heterocycles. The summed E-state index contributed by atoms with van der Waals surface area (Å²) in [5.41, 5.74) is 0.793. The quantitative estimate of drug-likeness (QED) is 0.784. The van der Waals surface area contributed by atoms with Gasteiger partial charge in [0.15, 0.2) is 0 Å². The number of hydrogen-bond donors (Lipinski definition) is 0. The highest BCUT2D eigenvalue weighted by Gasteiger charge is 2.28. The first-order valence-corrected chi connectivity index (χ1v) is 10.3. The Labute approximate surface area is 136 Å². The van der Waals surface area contributed by atoms with Crippen LogP contribution in [0.3, 0.4) is 0 Å². The molecule has 0 aliphatic carbocycles. The van der Waals surface area contributed by atoms with Crippen molar-refractivity contribution in [3.05, 3.63) is 35.9 Å². The lowest BCUT2D eigenvalue weighted by Gasteiger charge is -2.34. The Hall–Kier alpha value is -1.05. The van der Waals surface area contributed by atoms with Crippen LogP contribution in [0.5, 0.6) is 0 Å². The molecule has 1 heterocycles. The maximum atomic E-state index is 12.4. The molecule has 1 aromatic carbocycles. The fourth-order valence-electron chi connectivity index (χ4n) is 2.44. The van der Waals surface area contributed by atoms with E-state index in [0.717, 1.165) is 11.3 Å². The molecule has 0 unspecified atom stereocenters. The number of rotatable bonds is 6. The Kier molecular flexibility index (Phi) is 6.28. The fraction of sp³-hybridized carbons (Fsp3) is 0.533. The van der Waals surface area contributed by atoms with Crippen molar-refractivity contribution < 1.29 is 13.2 Å². The van der Waals surface area contributed by atoms with E-state index in [9.17, 15) is 13.2 Å². The predicted molar refractivity (Wildman–Crippen MR) is 90.2 cm³/mol. The zero-order valence-corrected chi connectivity index (χ0v) is 14.4. The van der Waals surface area contributed by atoms with Gasteiger partial charge in [0.1, 0.15) is 0 Å². The van der Waals surface area contributed by atoms with Crippen LogP contribution >= 0.6 is 11.8 Å². The molecule has 0 N–H and O–H groups in total. The van der Waals surface area contributed by atoms with Crippen LogP contribution in [0.15, 0.2) is 30.3 Å². The fourth-order valence-corrected chi connectivity index (χ4v) is 4.33. The molecule has 1 aliphatic rings. The minimum absolute atomic E-state index is 0.0221. The number of amides is 1. The molecule has 122 valence electrons. The maximum absolute atomic E-state index is 12.4. The second-order valence-electron chi connectivity index (χ2n) is 5.26. The molecule has 0 atom stereocenters. The zero-order valence-electron chi connectivity index (χ0n) is 12.8. The average Bonchev–Trinajstić information content (AvgIpc) is 2.53. The van der Waals surface area contributed by atoms with Gasteiger partial charge in [-0.2, -0.15) is 16.1 Å². The summed E-state index contributed by atoms with van der Waals surface area (Å²) in [6.07, 6.45) is 2.50. The van der Waals surface area contributed by atoms with Gasteiger partial charge in [0.2, 0.25) is 15.9 Å². The summed E-state index contributed by atoms with van der Waals surface area (Å²) in [5, 5.41) is 0. The summed E-state index contributed by atoms with van der Waals surface area (Å²) >= 11 is 1.65. The van der Waals surface area contributed by atoms with Crippen molar-refractivity contribution in [2.24, 2.45) is 0 Å². The topological polar surface area (TPSA) is 57.7 Å². The van der Waals surface area contributed by atoms with Crippen molar-refractivity contribution in [2.45, 2.75) is 12.2 Å². The molecule has 1 amide bonds. The normalized spacial score (nSPS) is 16.7. The van der Waals surface area contributed by atoms with E-state index in [0.29, 0.717) is 32.6 Å². The first-order chi connectivity index (χ1) is 10.5. The number of sulfonamides is 1. The maximum Gasteiger partial charge on any atom is 0.223 e. The minimum atomic E-state index is -3.31. The molecule has 2 rings (SSSR count). The van der Waals surface area contributed by atoms with Crippen LogP contribution in [0.2, 0.25) is 0 Å². The highest BCUT2D eigenvalue weighted by Crippen LogP contribution is 2.14. The lowest BCUT2D eigenvalue weighted by Crippen LogP contribution is -2.50. The molecule has 0 saturated carbocycles. The van der Waals surface area contributed by atoms with E-state index in [2.05, 4.69) is 0 Å². The third-order valence-corrected chi connectivity index (χ3v) is 6.16. The van der Waals surface area contributed by atoms with Gasteiger partial charge in [-0.1, -0.05) is 30.3 Å². The number of thioether (sulfide) groups is 1. The molecule has 1 aromatic rings. The summed E-state index contributed by atoms with van der Waals surface area (Å²) in [5.74, 6) is 0.953. The van der Waals surface area contributed by atoms with Gasteiger partial charge in [-0.15, -0.1) is 0 Å². The van der Waals surface area contributed by atoms with Crippen LogP contribution in [0.25, 0.3) is 0 Å². The van der Waals surface area contributed by atoms with E-state index in [1.807, 2.05) is 36.6 Å². The number of piperazine rings is 1. The van der Waals surface area contributed by atoms with Crippen LogP contribution < -0.4 is 0 Å². The molecule has 5 nitrogen and oxygen atoms in total. The third-order valence-electron chi connectivity index (χ3n) is 3.70. The Bertz CT molecular complexity index is 582. The van der Waals surface area contributed by atoms with E-state index in [-0.39, 0.29) is 11.7 Å². The molecule has 7 heteroatoms. The first-order valence-electron chi connectivity index (χ1n) is 7.31. The Morgan fingerprint density at radius 3 is 2.36 bits per heavy atom. The van der Waals surface area contributed by atoms with Crippen LogP contribution in [-0.2, 0) is 20.6 Å². The number of benzene rings is 1. The molecule has 0 bridgehead atoms. The predicted octanol–water partition coefficient (Wildman–Crippen LogP) is 1.41. The van der Waals surface area contributed by atoms with Crippen molar-refractivity contribution >= 4 is 27.7 Å². The van der Waals surface area contributed by atoms with Crippen molar-refractivity contribution in [3.63, 3.8) is 0 Å². The van der Waals surface area contributed by atoms with Gasteiger partial charge in [-0.25, -0.2) is 8.42 Å². The molecule has 1 fully saturated rings. The minimum Gasteiger partial charge on any atom is -0.340 e. The standard InChI is InChI=1S/C15H22N2O3S2/c1-21-12-7-15(18)16-8-10-17(11-9-16)22(19,20)13-14-5-3-2-4-6-14/h2-6H,7-13H2,1H3. The Morgan fingerprint density at radius 2 is 1.77 bits per heavy atom. The largest absolute Gasteiger partial charge is 0.340 e. The SMILES string of the molecule is CSCCC(=O)N1CCN(S(=O)(=O)Cc2ccccc2)CC1. The molecule has 0 radical (unpaired) electrons. The van der Waals surface area contributed by atoms with Gasteiger partial charge < -0.3 is 4.90 Å². The molecular weight excluding hydrogens is 320 g/mol. The van der Waals surface area contributed by atoms with Crippen LogP contribution in [0.4, 0.5) is 0 Å². The van der Waals surface area contributed by atoms with Gasteiger partial charge in [0.05, 0.1) is 5.75 Å². The van der Waals surface area contributed by atoms with Crippen molar-refractivity contribution in [1.82, 2.24) is 9.21 Å². The van der Waals surface area contributed by atoms with E-state index in [1.165, 1.54) is 4.31 Å². The highest BCUT2D eigenvalue weighted by atomic mass is 32.2. The third kappa shape index (κ3) is 4.72. The number of nitrogens with zero attached hydrogens (tertiary/aromatic N) is 2. The number of hydrogen-bond acceptors (Lipinski definition) is 4. The summed E-state index contributed by atoms with van der Waals surface area (Å²) in [6, 6.07) is 9.19. The number of carbonyl (C=O) groups excluding carboxylic acids is 1. The molecule has 0 spiro atoms. The summed E-state index contributed by atoms with van der Waals surface area (Å²) in [6.45, 7) is 1.75. The molecule has 22 heavy (non-hydrogen) atoms. The average molecular weight is 342 g/mol. The van der Waals surface area contributed by atoms with E-state index >= 15 is 0 Å². The Balaban J connectivity index is 1.89. The summed E-state index contributed by atoms with van der Waals surface area (Å²) < 4.78 is 26.3.